The highest BCUT2D eigenvalue weighted by molar-refractivity contribution is 6.33. The van der Waals surface area contributed by atoms with Crippen molar-refractivity contribution in [2.24, 2.45) is 11.7 Å². The van der Waals surface area contributed by atoms with E-state index in [1.807, 2.05) is 7.05 Å². The van der Waals surface area contributed by atoms with Gasteiger partial charge in [-0.05, 0) is 43.6 Å². The van der Waals surface area contributed by atoms with E-state index in [9.17, 15) is 4.39 Å². The van der Waals surface area contributed by atoms with Gasteiger partial charge in [-0.1, -0.05) is 23.2 Å². The van der Waals surface area contributed by atoms with Crippen molar-refractivity contribution in [2.75, 3.05) is 20.1 Å². The number of hydrogen-bond acceptors (Lipinski definition) is 2. The van der Waals surface area contributed by atoms with Crippen LogP contribution >= 0.6 is 23.2 Å². The molecule has 17 heavy (non-hydrogen) atoms. The molecule has 0 radical (unpaired) electrons. The molecule has 2 atom stereocenters. The molecular formula is C12H15Cl2FN2. The number of hydrogen-bond donors (Lipinski definition) is 1. The fourth-order valence-corrected chi connectivity index (χ4v) is 2.91. The van der Waals surface area contributed by atoms with Crippen LogP contribution in [-0.4, -0.2) is 25.0 Å². The van der Waals surface area contributed by atoms with Gasteiger partial charge in [0, 0.05) is 17.6 Å². The Bertz CT molecular complexity index is 425. The van der Waals surface area contributed by atoms with E-state index in [2.05, 4.69) is 4.90 Å². The van der Waals surface area contributed by atoms with Crippen molar-refractivity contribution >= 4 is 23.2 Å². The van der Waals surface area contributed by atoms with Gasteiger partial charge in [-0.3, -0.25) is 4.90 Å². The fourth-order valence-electron chi connectivity index (χ4n) is 2.46. The molecule has 2 N–H and O–H groups in total. The van der Waals surface area contributed by atoms with Gasteiger partial charge in [0.05, 0.1) is 5.02 Å². The van der Waals surface area contributed by atoms with Crippen LogP contribution in [0.5, 0.6) is 0 Å². The molecule has 1 saturated heterocycles. The van der Waals surface area contributed by atoms with Gasteiger partial charge in [-0.2, -0.15) is 0 Å². The van der Waals surface area contributed by atoms with Crippen LogP contribution in [0.2, 0.25) is 10.0 Å². The van der Waals surface area contributed by atoms with Crippen molar-refractivity contribution in [1.82, 2.24) is 4.90 Å². The van der Waals surface area contributed by atoms with Crippen LogP contribution in [-0.2, 0) is 0 Å². The molecule has 0 saturated carbocycles. The first-order valence-corrected chi connectivity index (χ1v) is 6.33. The molecule has 0 aliphatic carbocycles. The third kappa shape index (κ3) is 2.58. The van der Waals surface area contributed by atoms with E-state index < -0.39 is 5.82 Å². The summed E-state index contributed by atoms with van der Waals surface area (Å²) in [5.74, 6) is -0.0260. The van der Waals surface area contributed by atoms with Gasteiger partial charge in [-0.15, -0.1) is 0 Å². The van der Waals surface area contributed by atoms with Crippen LogP contribution in [0.15, 0.2) is 12.1 Å². The van der Waals surface area contributed by atoms with Gasteiger partial charge in [0.1, 0.15) is 5.82 Å². The zero-order chi connectivity index (χ0) is 12.6. The quantitative estimate of drug-likeness (QED) is 0.842. The average Bonchev–Trinajstić information content (AvgIpc) is 2.65. The van der Waals surface area contributed by atoms with Crippen LogP contribution in [0, 0.1) is 11.7 Å². The number of benzene rings is 1. The minimum absolute atomic E-state index is 0.101. The maximum Gasteiger partial charge on any atom is 0.143 e. The number of likely N-dealkylation sites (tertiary alicyclic amines) is 1. The fraction of sp³-hybridized carbons (Fsp3) is 0.500. The van der Waals surface area contributed by atoms with Crippen molar-refractivity contribution in [3.8, 4) is 0 Å². The monoisotopic (exact) mass is 276 g/mol. The first-order chi connectivity index (χ1) is 8.02. The van der Waals surface area contributed by atoms with Gasteiger partial charge in [0.15, 0.2) is 0 Å². The molecule has 2 rings (SSSR count). The zero-order valence-corrected chi connectivity index (χ0v) is 11.1. The molecular weight excluding hydrogens is 262 g/mol. The largest absolute Gasteiger partial charge is 0.330 e. The lowest BCUT2D eigenvalue weighted by Crippen LogP contribution is -2.20. The third-order valence-corrected chi connectivity index (χ3v) is 3.97. The number of rotatable bonds is 2. The van der Waals surface area contributed by atoms with Crippen molar-refractivity contribution < 1.29 is 4.39 Å². The summed E-state index contributed by atoms with van der Waals surface area (Å²) in [5.41, 5.74) is 6.43. The average molecular weight is 277 g/mol. The summed E-state index contributed by atoms with van der Waals surface area (Å²) in [4.78, 5) is 2.15. The van der Waals surface area contributed by atoms with Crippen LogP contribution in [0.1, 0.15) is 18.0 Å². The smallest absolute Gasteiger partial charge is 0.143 e. The number of nitrogens with two attached hydrogens (primary N) is 1. The molecule has 1 aliphatic rings. The highest BCUT2D eigenvalue weighted by Gasteiger charge is 2.31. The van der Waals surface area contributed by atoms with Gasteiger partial charge >= 0.3 is 0 Å². The van der Waals surface area contributed by atoms with E-state index in [1.165, 1.54) is 6.07 Å². The molecule has 1 fully saturated rings. The van der Waals surface area contributed by atoms with E-state index in [4.69, 9.17) is 28.9 Å². The van der Waals surface area contributed by atoms with E-state index in [0.29, 0.717) is 17.5 Å². The predicted octanol–water partition coefficient (Wildman–Crippen LogP) is 3.08. The maximum absolute atomic E-state index is 13.5. The molecule has 2 nitrogen and oxygen atoms in total. The highest BCUT2D eigenvalue weighted by Crippen LogP contribution is 2.39. The summed E-state index contributed by atoms with van der Waals surface area (Å²) in [5, 5.41) is 0.551. The SMILES string of the molecule is CN1CC(CN)CC1c1cc(Cl)cc(F)c1Cl. The van der Waals surface area contributed by atoms with Crippen molar-refractivity contribution in [3.05, 3.63) is 33.6 Å². The molecule has 1 aromatic rings. The van der Waals surface area contributed by atoms with E-state index in [0.717, 1.165) is 18.5 Å². The predicted molar refractivity (Wildman–Crippen MR) is 69.0 cm³/mol. The summed E-state index contributed by atoms with van der Waals surface area (Å²) in [6, 6.07) is 3.08. The van der Waals surface area contributed by atoms with Gasteiger partial charge < -0.3 is 5.73 Å². The van der Waals surface area contributed by atoms with Crippen molar-refractivity contribution in [2.45, 2.75) is 12.5 Å². The summed E-state index contributed by atoms with van der Waals surface area (Å²) >= 11 is 11.9. The molecule has 1 aromatic carbocycles. The Kier molecular flexibility index (Phi) is 3.93. The lowest BCUT2D eigenvalue weighted by atomic mass is 10.00. The van der Waals surface area contributed by atoms with Crippen LogP contribution in [0.4, 0.5) is 4.39 Å². The Balaban J connectivity index is 2.34. The van der Waals surface area contributed by atoms with Gasteiger partial charge in [0.2, 0.25) is 0 Å². The van der Waals surface area contributed by atoms with Crippen molar-refractivity contribution in [1.29, 1.82) is 0 Å². The second-order valence-corrected chi connectivity index (χ2v) is 5.40. The standard InChI is InChI=1S/C12H15Cl2FN2/c1-17-6-7(5-16)2-11(17)9-3-8(13)4-10(15)12(9)14/h3-4,7,11H,2,5-6,16H2,1H3. The second kappa shape index (κ2) is 5.11. The Labute approximate surface area is 110 Å². The number of nitrogens with zero attached hydrogens (tertiary/aromatic N) is 1. The third-order valence-electron chi connectivity index (χ3n) is 3.35. The normalized spacial score (nSPS) is 25.5. The summed E-state index contributed by atoms with van der Waals surface area (Å²) in [7, 11) is 2.00. The molecule has 0 spiro atoms. The molecule has 2 unspecified atom stereocenters. The Morgan fingerprint density at radius 3 is 2.76 bits per heavy atom. The van der Waals surface area contributed by atoms with E-state index in [1.54, 1.807) is 6.07 Å². The summed E-state index contributed by atoms with van der Waals surface area (Å²) in [6.07, 6.45) is 0.895. The molecule has 5 heteroatoms. The van der Waals surface area contributed by atoms with Gasteiger partial charge in [0.25, 0.3) is 0 Å². The lowest BCUT2D eigenvalue weighted by Gasteiger charge is -2.21. The summed E-state index contributed by atoms with van der Waals surface area (Å²) < 4.78 is 13.5. The Hall–Kier alpha value is -0.350. The minimum atomic E-state index is -0.459. The van der Waals surface area contributed by atoms with Crippen LogP contribution < -0.4 is 5.73 Å². The first kappa shape index (κ1) is 13.1. The zero-order valence-electron chi connectivity index (χ0n) is 9.59. The summed E-state index contributed by atoms with van der Waals surface area (Å²) in [6.45, 7) is 1.55. The maximum atomic E-state index is 13.5. The number of halogens is 3. The second-order valence-electron chi connectivity index (χ2n) is 4.58. The van der Waals surface area contributed by atoms with Crippen molar-refractivity contribution in [3.63, 3.8) is 0 Å². The molecule has 1 aliphatic heterocycles. The van der Waals surface area contributed by atoms with Gasteiger partial charge in [-0.25, -0.2) is 4.39 Å². The Morgan fingerprint density at radius 1 is 1.47 bits per heavy atom. The van der Waals surface area contributed by atoms with Crippen LogP contribution in [0.25, 0.3) is 0 Å². The molecule has 1 heterocycles. The van der Waals surface area contributed by atoms with E-state index >= 15 is 0 Å². The highest BCUT2D eigenvalue weighted by atomic mass is 35.5. The minimum Gasteiger partial charge on any atom is -0.330 e. The molecule has 0 amide bonds. The molecule has 0 aromatic heterocycles. The Morgan fingerprint density at radius 2 is 2.18 bits per heavy atom. The molecule has 94 valence electrons. The topological polar surface area (TPSA) is 29.3 Å². The van der Waals surface area contributed by atoms with Crippen LogP contribution in [0.3, 0.4) is 0 Å². The molecule has 0 bridgehead atoms. The first-order valence-electron chi connectivity index (χ1n) is 5.57. The lowest BCUT2D eigenvalue weighted by molar-refractivity contribution is 0.313. The van der Waals surface area contributed by atoms with E-state index in [-0.39, 0.29) is 11.1 Å².